The number of fused-ring (bicyclic) bond motifs is 1. The van der Waals surface area contributed by atoms with Crippen molar-refractivity contribution in [2.45, 2.75) is 63.4 Å². The molecule has 12 heteroatoms. The van der Waals surface area contributed by atoms with Crippen LogP contribution in [0.15, 0.2) is 36.4 Å². The van der Waals surface area contributed by atoms with E-state index in [2.05, 4.69) is 0 Å². The number of benzene rings is 2. The molecule has 1 heterocycles. The molecule has 214 valence electrons. The fourth-order valence-corrected chi connectivity index (χ4v) is 5.93. The van der Waals surface area contributed by atoms with Gasteiger partial charge in [-0.05, 0) is 79.6 Å². The molecule has 2 aromatic rings. The molecule has 5 nitrogen and oxygen atoms in total. The standard InChI is InChI=1S/C27H28F7NO4/c1-13-8-19(28)5-6-20(13)23-21(7-4-15-12-35(25(37)38-3)24(36)22(15)23)39-14(2)16-9-17(26(29,30)31)11-18(10-16)27(32,33)34/h5-6,8-11,14-15,21-24,36H,4,7,12H2,1-3H3/t14-,15-,21+,22-,23-,24?/m1/s1. The Labute approximate surface area is 220 Å². The fourth-order valence-electron chi connectivity index (χ4n) is 5.93. The summed E-state index contributed by atoms with van der Waals surface area (Å²) in [4.78, 5) is 13.4. The number of alkyl halides is 6. The number of aliphatic hydroxyl groups is 1. The quantitative estimate of drug-likeness (QED) is 0.415. The van der Waals surface area contributed by atoms with E-state index in [1.165, 1.54) is 37.1 Å². The predicted octanol–water partition coefficient (Wildman–Crippen LogP) is 6.83. The number of rotatable bonds is 4. The molecule has 1 N–H and O–H groups in total. The molecular formula is C27H28F7NO4. The summed E-state index contributed by atoms with van der Waals surface area (Å²) in [5.41, 5.74) is -2.06. The van der Waals surface area contributed by atoms with Crippen molar-refractivity contribution in [3.8, 4) is 0 Å². The number of nitrogens with zero attached hydrogens (tertiary/aromatic N) is 1. The van der Waals surface area contributed by atoms with Gasteiger partial charge in [0, 0.05) is 18.4 Å². The predicted molar refractivity (Wildman–Crippen MR) is 125 cm³/mol. The van der Waals surface area contributed by atoms with Crippen LogP contribution in [-0.4, -0.2) is 42.1 Å². The molecule has 0 spiro atoms. The van der Waals surface area contributed by atoms with Gasteiger partial charge in [-0.1, -0.05) is 6.07 Å². The topological polar surface area (TPSA) is 59.0 Å². The van der Waals surface area contributed by atoms with Crippen LogP contribution in [0.2, 0.25) is 0 Å². The Bertz CT molecular complexity index is 1180. The van der Waals surface area contributed by atoms with Crippen molar-refractivity contribution in [1.82, 2.24) is 4.90 Å². The molecule has 0 radical (unpaired) electrons. The molecule has 0 bridgehead atoms. The molecule has 4 rings (SSSR count). The molecular weight excluding hydrogens is 535 g/mol. The average Bonchev–Trinajstić information content (AvgIpc) is 3.19. The second-order valence-electron chi connectivity index (χ2n) is 10.1. The lowest BCUT2D eigenvalue weighted by atomic mass is 9.68. The van der Waals surface area contributed by atoms with Crippen molar-refractivity contribution in [2.75, 3.05) is 13.7 Å². The Morgan fingerprint density at radius 2 is 1.64 bits per heavy atom. The minimum absolute atomic E-state index is 0.0579. The second-order valence-corrected chi connectivity index (χ2v) is 10.1. The van der Waals surface area contributed by atoms with Crippen LogP contribution in [0.4, 0.5) is 35.5 Å². The second kappa shape index (κ2) is 10.6. The van der Waals surface area contributed by atoms with Crippen molar-refractivity contribution in [3.05, 3.63) is 70.0 Å². The van der Waals surface area contributed by atoms with E-state index >= 15 is 0 Å². The van der Waals surface area contributed by atoms with E-state index in [0.29, 0.717) is 36.1 Å². The van der Waals surface area contributed by atoms with Crippen LogP contribution in [0.25, 0.3) is 0 Å². The highest BCUT2D eigenvalue weighted by molar-refractivity contribution is 5.68. The zero-order chi connectivity index (χ0) is 28.9. The van der Waals surface area contributed by atoms with E-state index < -0.39 is 65.7 Å². The fraction of sp³-hybridized carbons (Fsp3) is 0.519. The minimum Gasteiger partial charge on any atom is -0.453 e. The smallest absolute Gasteiger partial charge is 0.416 e. The number of hydrogen-bond acceptors (Lipinski definition) is 4. The van der Waals surface area contributed by atoms with Gasteiger partial charge in [0.2, 0.25) is 0 Å². The van der Waals surface area contributed by atoms with Gasteiger partial charge in [0.15, 0.2) is 0 Å². The SMILES string of the molecule is COC(=O)N1C[C@H]2CC[C@H](O[C@H](C)c3cc(C(F)(F)F)cc(C(F)(F)F)c3)[C@@H](c3ccc(F)cc3C)[C@@H]2C1O. The van der Waals surface area contributed by atoms with E-state index in [9.17, 15) is 40.6 Å². The number of ether oxygens (including phenoxy) is 2. The van der Waals surface area contributed by atoms with Gasteiger partial charge < -0.3 is 14.6 Å². The summed E-state index contributed by atoms with van der Waals surface area (Å²) in [7, 11) is 1.18. The number of likely N-dealkylation sites (tertiary alicyclic amines) is 1. The van der Waals surface area contributed by atoms with Crippen LogP contribution in [0.1, 0.15) is 59.6 Å². The van der Waals surface area contributed by atoms with Crippen LogP contribution < -0.4 is 0 Å². The largest absolute Gasteiger partial charge is 0.453 e. The number of methoxy groups -OCH3 is 1. The normalized spacial score (nSPS) is 26.3. The molecule has 2 fully saturated rings. The average molecular weight is 564 g/mol. The number of carbonyl (C=O) groups is 1. The first kappa shape index (κ1) is 29.1. The molecule has 1 aliphatic carbocycles. The van der Waals surface area contributed by atoms with Crippen LogP contribution in [-0.2, 0) is 21.8 Å². The number of carbonyl (C=O) groups excluding carboxylic acids is 1. The first-order chi connectivity index (χ1) is 18.1. The van der Waals surface area contributed by atoms with Gasteiger partial charge in [-0.3, -0.25) is 4.90 Å². The Balaban J connectivity index is 1.72. The molecule has 0 aromatic heterocycles. The van der Waals surface area contributed by atoms with Gasteiger partial charge in [0.05, 0.1) is 30.4 Å². The van der Waals surface area contributed by atoms with E-state index in [1.54, 1.807) is 6.92 Å². The highest BCUT2D eigenvalue weighted by Gasteiger charge is 2.53. The summed E-state index contributed by atoms with van der Waals surface area (Å²) in [5.74, 6) is -1.91. The van der Waals surface area contributed by atoms with Gasteiger partial charge >= 0.3 is 18.4 Å². The molecule has 1 saturated heterocycles. The van der Waals surface area contributed by atoms with Crippen LogP contribution in [0, 0.1) is 24.6 Å². The summed E-state index contributed by atoms with van der Waals surface area (Å²) in [6.07, 6.45) is -13.2. The first-order valence-corrected chi connectivity index (χ1v) is 12.3. The lowest BCUT2D eigenvalue weighted by Crippen LogP contribution is -2.43. The molecule has 1 amide bonds. The minimum atomic E-state index is -5.01. The van der Waals surface area contributed by atoms with Crippen molar-refractivity contribution in [3.63, 3.8) is 0 Å². The zero-order valence-corrected chi connectivity index (χ0v) is 21.3. The monoisotopic (exact) mass is 563 g/mol. The third-order valence-corrected chi connectivity index (χ3v) is 7.73. The summed E-state index contributed by atoms with van der Waals surface area (Å²) >= 11 is 0. The third kappa shape index (κ3) is 5.86. The Hall–Kier alpha value is -2.86. The zero-order valence-electron chi connectivity index (χ0n) is 21.3. The lowest BCUT2D eigenvalue weighted by Gasteiger charge is -2.42. The molecule has 6 atom stereocenters. The van der Waals surface area contributed by atoms with Crippen LogP contribution >= 0.6 is 0 Å². The van der Waals surface area contributed by atoms with Crippen molar-refractivity contribution < 1.29 is 50.1 Å². The highest BCUT2D eigenvalue weighted by Crippen LogP contribution is 2.51. The number of amides is 1. The van der Waals surface area contributed by atoms with Crippen molar-refractivity contribution in [1.29, 1.82) is 0 Å². The van der Waals surface area contributed by atoms with Gasteiger partial charge in [-0.25, -0.2) is 9.18 Å². The van der Waals surface area contributed by atoms with Gasteiger partial charge in [-0.15, -0.1) is 0 Å². The summed E-state index contributed by atoms with van der Waals surface area (Å²) in [5, 5.41) is 11.1. The van der Waals surface area contributed by atoms with Crippen molar-refractivity contribution in [2.24, 2.45) is 11.8 Å². The van der Waals surface area contributed by atoms with Crippen LogP contribution in [0.5, 0.6) is 0 Å². The third-order valence-electron chi connectivity index (χ3n) is 7.73. The molecule has 39 heavy (non-hydrogen) atoms. The molecule has 2 aromatic carbocycles. The van der Waals surface area contributed by atoms with E-state index in [4.69, 9.17) is 9.47 Å². The molecule has 1 saturated carbocycles. The Morgan fingerprint density at radius 1 is 1.03 bits per heavy atom. The number of hydrogen-bond donors (Lipinski definition) is 1. The maximum absolute atomic E-state index is 13.9. The van der Waals surface area contributed by atoms with Gasteiger partial charge in [0.25, 0.3) is 0 Å². The summed E-state index contributed by atoms with van der Waals surface area (Å²) < 4.78 is 105. The van der Waals surface area contributed by atoms with Gasteiger partial charge in [0.1, 0.15) is 12.0 Å². The number of aliphatic hydroxyl groups excluding tert-OH is 1. The van der Waals surface area contributed by atoms with E-state index in [-0.39, 0.29) is 24.1 Å². The highest BCUT2D eigenvalue weighted by atomic mass is 19.4. The molecule has 1 unspecified atom stereocenters. The van der Waals surface area contributed by atoms with Crippen LogP contribution in [0.3, 0.4) is 0 Å². The lowest BCUT2D eigenvalue weighted by molar-refractivity contribution is -0.143. The van der Waals surface area contributed by atoms with E-state index in [0.717, 1.165) is 0 Å². The number of aryl methyl sites for hydroxylation is 1. The summed E-state index contributed by atoms with van der Waals surface area (Å²) in [6.45, 7) is 3.21. The first-order valence-electron chi connectivity index (χ1n) is 12.3. The van der Waals surface area contributed by atoms with E-state index in [1.807, 2.05) is 0 Å². The maximum Gasteiger partial charge on any atom is 0.416 e. The Morgan fingerprint density at radius 3 is 2.18 bits per heavy atom. The molecule has 2 aliphatic rings. The number of halogens is 7. The summed E-state index contributed by atoms with van der Waals surface area (Å²) in [6, 6.07) is 5.37. The molecule has 1 aliphatic heterocycles. The van der Waals surface area contributed by atoms with Gasteiger partial charge in [-0.2, -0.15) is 26.3 Å². The van der Waals surface area contributed by atoms with Crippen molar-refractivity contribution >= 4 is 6.09 Å². The Kier molecular flexibility index (Phi) is 7.92. The maximum atomic E-state index is 13.9.